The molecule has 0 saturated carbocycles. The Morgan fingerprint density at radius 2 is 1.84 bits per heavy atom. The van der Waals surface area contributed by atoms with E-state index in [0.717, 1.165) is 29.1 Å². The predicted octanol–water partition coefficient (Wildman–Crippen LogP) is 2.80. The van der Waals surface area contributed by atoms with Crippen molar-refractivity contribution in [1.82, 2.24) is 24.9 Å². The number of fused-ring (bicyclic) bond motifs is 1. The average molecular weight is 419 g/mol. The Labute approximate surface area is 180 Å². The number of rotatable bonds is 10. The van der Waals surface area contributed by atoms with Crippen LogP contribution in [0.2, 0.25) is 0 Å². The quantitative estimate of drug-likeness (QED) is 0.425. The van der Waals surface area contributed by atoms with Gasteiger partial charge in [-0.25, -0.2) is 4.98 Å². The zero-order valence-electron chi connectivity index (χ0n) is 17.5. The summed E-state index contributed by atoms with van der Waals surface area (Å²) in [5.41, 5.74) is 2.94. The van der Waals surface area contributed by atoms with Gasteiger partial charge in [0.15, 0.2) is 0 Å². The number of para-hydroxylation sites is 1. The topological polar surface area (TPSA) is 94.5 Å². The van der Waals surface area contributed by atoms with Crippen molar-refractivity contribution in [2.24, 2.45) is 0 Å². The summed E-state index contributed by atoms with van der Waals surface area (Å²) in [5.74, 6) is 1.85. The number of methoxy groups -OCH3 is 1. The third kappa shape index (κ3) is 5.48. The summed E-state index contributed by atoms with van der Waals surface area (Å²) in [6.07, 6.45) is 6.71. The maximum Gasteiger partial charge on any atom is 0.220 e. The highest BCUT2D eigenvalue weighted by atomic mass is 16.5. The largest absolute Gasteiger partial charge is 0.496 e. The lowest BCUT2D eigenvalue weighted by atomic mass is 10.1. The third-order valence-electron chi connectivity index (χ3n) is 4.99. The van der Waals surface area contributed by atoms with Gasteiger partial charge < -0.3 is 18.9 Å². The number of carbonyl (C=O) groups is 1. The molecular weight excluding hydrogens is 394 g/mol. The molecule has 0 spiro atoms. The van der Waals surface area contributed by atoms with Crippen LogP contribution in [0.1, 0.15) is 29.5 Å². The SMILES string of the molecule is COc1ccccc1CCc1nnc(CCC(=O)NCCc2cn3ccccc3n2)o1. The van der Waals surface area contributed by atoms with E-state index in [0.29, 0.717) is 44.0 Å². The number of hydrogen-bond acceptors (Lipinski definition) is 6. The molecule has 160 valence electrons. The van der Waals surface area contributed by atoms with Crippen LogP contribution in [0, 0.1) is 0 Å². The van der Waals surface area contributed by atoms with Gasteiger partial charge in [0.05, 0.1) is 12.8 Å². The standard InChI is InChI=1S/C23H25N5O3/c1-30-19-7-3-2-6-17(19)9-11-22-26-27-23(31-22)12-10-21(29)24-14-13-18-16-28-15-5-4-8-20(28)25-18/h2-8,15-16H,9-14H2,1H3,(H,24,29). The zero-order chi connectivity index (χ0) is 21.5. The molecule has 8 nitrogen and oxygen atoms in total. The normalized spacial score (nSPS) is 11.0. The van der Waals surface area contributed by atoms with Crippen LogP contribution in [0.3, 0.4) is 0 Å². The van der Waals surface area contributed by atoms with Gasteiger partial charge in [0.1, 0.15) is 11.4 Å². The number of aryl methyl sites for hydroxylation is 3. The molecule has 1 amide bonds. The molecule has 1 N–H and O–H groups in total. The number of pyridine rings is 1. The van der Waals surface area contributed by atoms with Gasteiger partial charge in [-0.05, 0) is 30.2 Å². The molecule has 4 aromatic rings. The van der Waals surface area contributed by atoms with Crippen LogP contribution in [-0.4, -0.2) is 39.1 Å². The molecule has 1 aromatic carbocycles. The number of aromatic nitrogens is 4. The number of nitrogens with zero attached hydrogens (tertiary/aromatic N) is 4. The lowest BCUT2D eigenvalue weighted by Crippen LogP contribution is -2.26. The Bertz CT molecular complexity index is 1120. The van der Waals surface area contributed by atoms with Crippen molar-refractivity contribution in [3.8, 4) is 5.75 Å². The maximum absolute atomic E-state index is 12.1. The summed E-state index contributed by atoms with van der Waals surface area (Å²) in [6, 6.07) is 13.7. The lowest BCUT2D eigenvalue weighted by molar-refractivity contribution is -0.121. The minimum atomic E-state index is -0.0439. The molecule has 31 heavy (non-hydrogen) atoms. The van der Waals surface area contributed by atoms with Gasteiger partial charge in [0, 0.05) is 44.6 Å². The molecule has 0 aliphatic rings. The molecule has 0 aliphatic carbocycles. The average Bonchev–Trinajstić information content (AvgIpc) is 3.42. The second-order valence-electron chi connectivity index (χ2n) is 7.20. The molecule has 0 unspecified atom stereocenters. The van der Waals surface area contributed by atoms with Crippen LogP contribution in [0.15, 0.2) is 59.3 Å². The molecule has 8 heteroatoms. The molecule has 4 rings (SSSR count). The van der Waals surface area contributed by atoms with Crippen LogP contribution < -0.4 is 10.1 Å². The predicted molar refractivity (Wildman–Crippen MR) is 115 cm³/mol. The van der Waals surface area contributed by atoms with Crippen LogP contribution in [0.4, 0.5) is 0 Å². The van der Waals surface area contributed by atoms with Crippen molar-refractivity contribution in [2.45, 2.75) is 32.1 Å². The van der Waals surface area contributed by atoms with E-state index < -0.39 is 0 Å². The van der Waals surface area contributed by atoms with E-state index in [4.69, 9.17) is 9.15 Å². The number of hydrogen-bond donors (Lipinski definition) is 1. The van der Waals surface area contributed by atoms with Gasteiger partial charge in [-0.2, -0.15) is 0 Å². The first-order valence-electron chi connectivity index (χ1n) is 10.3. The number of ether oxygens (including phenoxy) is 1. The first-order chi connectivity index (χ1) is 15.2. The number of benzene rings is 1. The van der Waals surface area contributed by atoms with E-state index in [1.165, 1.54) is 0 Å². The minimum Gasteiger partial charge on any atom is -0.496 e. The van der Waals surface area contributed by atoms with E-state index in [-0.39, 0.29) is 5.91 Å². The first kappa shape index (κ1) is 20.6. The van der Waals surface area contributed by atoms with Crippen molar-refractivity contribution in [3.63, 3.8) is 0 Å². The van der Waals surface area contributed by atoms with Gasteiger partial charge in [-0.1, -0.05) is 24.3 Å². The van der Waals surface area contributed by atoms with E-state index in [1.807, 2.05) is 59.3 Å². The van der Waals surface area contributed by atoms with Crippen LogP contribution in [0.25, 0.3) is 5.65 Å². The fraction of sp³-hybridized carbons (Fsp3) is 0.304. The molecule has 0 aliphatic heterocycles. The Morgan fingerprint density at radius 3 is 2.68 bits per heavy atom. The van der Waals surface area contributed by atoms with E-state index in [9.17, 15) is 4.79 Å². The molecule has 0 atom stereocenters. The van der Waals surface area contributed by atoms with Gasteiger partial charge in [-0.3, -0.25) is 4.79 Å². The molecule has 0 bridgehead atoms. The summed E-state index contributed by atoms with van der Waals surface area (Å²) in [6.45, 7) is 0.538. The number of amides is 1. The van der Waals surface area contributed by atoms with E-state index >= 15 is 0 Å². The Hall–Kier alpha value is -3.68. The molecule has 3 heterocycles. The first-order valence-corrected chi connectivity index (χ1v) is 10.3. The van der Waals surface area contributed by atoms with Crippen molar-refractivity contribution in [2.75, 3.05) is 13.7 Å². The summed E-state index contributed by atoms with van der Waals surface area (Å²) in [5, 5.41) is 11.1. The Morgan fingerprint density at radius 1 is 1.03 bits per heavy atom. The number of carbonyl (C=O) groups excluding carboxylic acids is 1. The summed E-state index contributed by atoms with van der Waals surface area (Å²) >= 11 is 0. The number of imidazole rings is 1. The minimum absolute atomic E-state index is 0.0439. The molecule has 3 aromatic heterocycles. The van der Waals surface area contributed by atoms with Gasteiger partial charge in [0.25, 0.3) is 0 Å². The fourth-order valence-corrected chi connectivity index (χ4v) is 3.39. The highest BCUT2D eigenvalue weighted by molar-refractivity contribution is 5.76. The Kier molecular flexibility index (Phi) is 6.56. The summed E-state index contributed by atoms with van der Waals surface area (Å²) in [4.78, 5) is 16.7. The van der Waals surface area contributed by atoms with Crippen molar-refractivity contribution < 1.29 is 13.9 Å². The lowest BCUT2D eigenvalue weighted by Gasteiger charge is -2.06. The second kappa shape index (κ2) is 9.88. The van der Waals surface area contributed by atoms with E-state index in [2.05, 4.69) is 20.5 Å². The Balaban J connectivity index is 1.18. The smallest absolute Gasteiger partial charge is 0.220 e. The highest BCUT2D eigenvalue weighted by Crippen LogP contribution is 2.19. The maximum atomic E-state index is 12.1. The third-order valence-corrected chi connectivity index (χ3v) is 4.99. The van der Waals surface area contributed by atoms with Crippen molar-refractivity contribution in [3.05, 3.63) is 77.9 Å². The van der Waals surface area contributed by atoms with Gasteiger partial charge in [0.2, 0.25) is 17.7 Å². The monoisotopic (exact) mass is 419 g/mol. The molecule has 0 saturated heterocycles. The molecule has 0 fully saturated rings. The van der Waals surface area contributed by atoms with Gasteiger partial charge in [-0.15, -0.1) is 10.2 Å². The van der Waals surface area contributed by atoms with E-state index in [1.54, 1.807) is 7.11 Å². The highest BCUT2D eigenvalue weighted by Gasteiger charge is 2.11. The summed E-state index contributed by atoms with van der Waals surface area (Å²) < 4.78 is 13.0. The van der Waals surface area contributed by atoms with Crippen LogP contribution in [0.5, 0.6) is 5.75 Å². The second-order valence-corrected chi connectivity index (χ2v) is 7.20. The molecule has 0 radical (unpaired) electrons. The molecular formula is C23H25N5O3. The zero-order valence-corrected chi connectivity index (χ0v) is 17.5. The summed E-state index contributed by atoms with van der Waals surface area (Å²) in [7, 11) is 1.66. The van der Waals surface area contributed by atoms with Crippen LogP contribution in [-0.2, 0) is 30.5 Å². The fourth-order valence-electron chi connectivity index (χ4n) is 3.39. The van der Waals surface area contributed by atoms with Crippen molar-refractivity contribution >= 4 is 11.6 Å². The van der Waals surface area contributed by atoms with Crippen molar-refractivity contribution in [1.29, 1.82) is 0 Å². The number of nitrogens with one attached hydrogen (secondary N) is 1. The van der Waals surface area contributed by atoms with Crippen LogP contribution >= 0.6 is 0 Å². The van der Waals surface area contributed by atoms with Gasteiger partial charge >= 0.3 is 0 Å².